The molecule has 24 heavy (non-hydrogen) atoms. The molecule has 1 aromatic rings. The molecule has 3 aliphatic rings. The fraction of sp³-hybridized carbons (Fsp3) is 0.850. The highest BCUT2D eigenvalue weighted by atomic mass is 15.3. The van der Waals surface area contributed by atoms with Crippen LogP contribution in [-0.4, -0.2) is 57.8 Å². The van der Waals surface area contributed by atoms with E-state index in [-0.39, 0.29) is 0 Å². The molecule has 3 fully saturated rings. The van der Waals surface area contributed by atoms with Gasteiger partial charge in [-0.15, -0.1) is 0 Å². The minimum Gasteiger partial charge on any atom is -0.302 e. The predicted molar refractivity (Wildman–Crippen MR) is 98.2 cm³/mol. The van der Waals surface area contributed by atoms with Crippen molar-refractivity contribution in [2.45, 2.75) is 65.0 Å². The van der Waals surface area contributed by atoms with Gasteiger partial charge in [0.05, 0.1) is 11.7 Å². The van der Waals surface area contributed by atoms with Crippen LogP contribution in [0.2, 0.25) is 0 Å². The van der Waals surface area contributed by atoms with E-state index in [1.807, 2.05) is 0 Å². The maximum absolute atomic E-state index is 4.59. The molecule has 0 radical (unpaired) electrons. The molecule has 4 heteroatoms. The number of piperidine rings is 1. The molecule has 2 aliphatic heterocycles. The third-order valence-corrected chi connectivity index (χ3v) is 6.65. The van der Waals surface area contributed by atoms with Gasteiger partial charge in [-0.1, -0.05) is 0 Å². The summed E-state index contributed by atoms with van der Waals surface area (Å²) in [6.07, 6.45) is 7.61. The van der Waals surface area contributed by atoms with E-state index in [1.54, 1.807) is 0 Å². The second kappa shape index (κ2) is 5.84. The van der Waals surface area contributed by atoms with Gasteiger partial charge in [-0.3, -0.25) is 9.58 Å². The maximum atomic E-state index is 4.59. The Bertz CT molecular complexity index is 563. The van der Waals surface area contributed by atoms with Crippen molar-refractivity contribution in [2.75, 3.05) is 32.7 Å². The summed E-state index contributed by atoms with van der Waals surface area (Å²) in [5, 5.41) is 4.59. The van der Waals surface area contributed by atoms with Crippen molar-refractivity contribution in [1.82, 2.24) is 19.6 Å². The summed E-state index contributed by atoms with van der Waals surface area (Å²) >= 11 is 0. The average Bonchev–Trinajstić information content (AvgIpc) is 2.85. The van der Waals surface area contributed by atoms with Gasteiger partial charge in [-0.25, -0.2) is 0 Å². The third kappa shape index (κ3) is 3.15. The first kappa shape index (κ1) is 16.6. The first-order valence-corrected chi connectivity index (χ1v) is 9.82. The van der Waals surface area contributed by atoms with E-state index in [2.05, 4.69) is 59.5 Å². The molecule has 0 atom stereocenters. The fourth-order valence-electron chi connectivity index (χ4n) is 5.20. The molecule has 0 unspecified atom stereocenters. The zero-order valence-corrected chi connectivity index (χ0v) is 16.0. The lowest BCUT2D eigenvalue weighted by molar-refractivity contribution is -0.0995. The molecule has 0 amide bonds. The Morgan fingerprint density at radius 2 is 1.83 bits per heavy atom. The monoisotopic (exact) mass is 330 g/mol. The smallest absolute Gasteiger partial charge is 0.0593 e. The van der Waals surface area contributed by atoms with Gasteiger partial charge < -0.3 is 4.90 Å². The van der Waals surface area contributed by atoms with Gasteiger partial charge in [0.15, 0.2) is 0 Å². The van der Waals surface area contributed by atoms with Gasteiger partial charge in [0.2, 0.25) is 0 Å². The number of rotatable bonds is 3. The molecule has 1 aromatic heterocycles. The van der Waals surface area contributed by atoms with Crippen LogP contribution in [0.3, 0.4) is 0 Å². The molecule has 4 rings (SSSR count). The van der Waals surface area contributed by atoms with Crippen LogP contribution in [0.15, 0.2) is 12.3 Å². The van der Waals surface area contributed by atoms with Gasteiger partial charge in [0.1, 0.15) is 0 Å². The van der Waals surface area contributed by atoms with E-state index in [1.165, 1.54) is 58.4 Å². The maximum Gasteiger partial charge on any atom is 0.0593 e. The zero-order valence-electron chi connectivity index (χ0n) is 16.0. The summed E-state index contributed by atoms with van der Waals surface area (Å²) in [5.41, 5.74) is 2.13. The number of hydrogen-bond acceptors (Lipinski definition) is 3. The van der Waals surface area contributed by atoms with Crippen LogP contribution in [0, 0.1) is 18.3 Å². The number of nitrogens with zero attached hydrogens (tertiary/aromatic N) is 4. The van der Waals surface area contributed by atoms with Crippen molar-refractivity contribution < 1.29 is 0 Å². The van der Waals surface area contributed by atoms with Crippen molar-refractivity contribution in [1.29, 1.82) is 0 Å². The van der Waals surface area contributed by atoms with Crippen molar-refractivity contribution in [3.05, 3.63) is 18.0 Å². The van der Waals surface area contributed by atoms with E-state index in [4.69, 9.17) is 0 Å². The molecule has 1 spiro atoms. The predicted octanol–water partition coefficient (Wildman–Crippen LogP) is 3.34. The Hall–Kier alpha value is -0.870. The minimum absolute atomic E-state index is 0.345. The summed E-state index contributed by atoms with van der Waals surface area (Å²) in [7, 11) is 0. The number of likely N-dealkylation sites (tertiary alicyclic amines) is 2. The van der Waals surface area contributed by atoms with E-state index in [0.717, 1.165) is 11.6 Å². The molecule has 1 aliphatic carbocycles. The molecular formula is C20H34N4. The van der Waals surface area contributed by atoms with Crippen LogP contribution < -0.4 is 0 Å². The lowest BCUT2D eigenvalue weighted by atomic mass is 9.60. The van der Waals surface area contributed by atoms with Crippen molar-refractivity contribution >= 4 is 0 Å². The van der Waals surface area contributed by atoms with Crippen LogP contribution in [0.1, 0.15) is 58.2 Å². The standard InChI is InChI=1S/C20H34N4/c1-16-5-10-24(21-16)18-11-20(12-18)14-22(15-20)13-17-6-8-23(9-7-17)19(2,3)4/h5,10,17-18H,6-9,11-15H2,1-4H3. The second-order valence-electron chi connectivity index (χ2n) is 9.77. The van der Waals surface area contributed by atoms with Crippen LogP contribution in [0.5, 0.6) is 0 Å². The summed E-state index contributed by atoms with van der Waals surface area (Å²) in [6.45, 7) is 15.7. The molecule has 2 saturated heterocycles. The Labute approximate surface area is 147 Å². The van der Waals surface area contributed by atoms with Gasteiger partial charge in [-0.05, 0) is 83.9 Å². The van der Waals surface area contributed by atoms with Crippen LogP contribution in [-0.2, 0) is 0 Å². The van der Waals surface area contributed by atoms with Gasteiger partial charge in [-0.2, -0.15) is 5.10 Å². The molecular weight excluding hydrogens is 296 g/mol. The Morgan fingerprint density at radius 3 is 2.38 bits per heavy atom. The molecule has 0 aromatic carbocycles. The summed E-state index contributed by atoms with van der Waals surface area (Å²) in [5.74, 6) is 0.922. The third-order valence-electron chi connectivity index (χ3n) is 6.65. The summed E-state index contributed by atoms with van der Waals surface area (Å²) in [4.78, 5) is 5.38. The van der Waals surface area contributed by atoms with Crippen molar-refractivity contribution in [3.63, 3.8) is 0 Å². The fourth-order valence-corrected chi connectivity index (χ4v) is 5.20. The van der Waals surface area contributed by atoms with E-state index >= 15 is 0 Å². The topological polar surface area (TPSA) is 24.3 Å². The molecule has 134 valence electrons. The Kier molecular flexibility index (Phi) is 4.04. The zero-order chi connectivity index (χ0) is 16.9. The average molecular weight is 331 g/mol. The van der Waals surface area contributed by atoms with E-state index < -0.39 is 0 Å². The van der Waals surface area contributed by atoms with Crippen molar-refractivity contribution in [3.8, 4) is 0 Å². The summed E-state index contributed by atoms with van der Waals surface area (Å²) in [6, 6.07) is 2.79. The van der Waals surface area contributed by atoms with Crippen molar-refractivity contribution in [2.24, 2.45) is 11.3 Å². The lowest BCUT2D eigenvalue weighted by Crippen LogP contribution is -2.63. The SMILES string of the molecule is Cc1ccn(C2CC3(C2)CN(CC2CCN(C(C)(C)C)CC2)C3)n1. The quantitative estimate of drug-likeness (QED) is 0.849. The Morgan fingerprint density at radius 1 is 1.17 bits per heavy atom. The number of hydrogen-bond donors (Lipinski definition) is 0. The minimum atomic E-state index is 0.345. The molecule has 0 bridgehead atoms. The molecule has 1 saturated carbocycles. The normalized spacial score (nSPS) is 26.5. The summed E-state index contributed by atoms with van der Waals surface area (Å²) < 4.78 is 2.20. The molecule has 0 N–H and O–H groups in total. The molecule has 4 nitrogen and oxygen atoms in total. The number of aryl methyl sites for hydroxylation is 1. The van der Waals surface area contributed by atoms with Gasteiger partial charge in [0, 0.05) is 31.4 Å². The van der Waals surface area contributed by atoms with Crippen LogP contribution >= 0.6 is 0 Å². The highest BCUT2D eigenvalue weighted by molar-refractivity contribution is 5.08. The number of aromatic nitrogens is 2. The largest absolute Gasteiger partial charge is 0.302 e. The first-order valence-electron chi connectivity index (χ1n) is 9.82. The van der Waals surface area contributed by atoms with Crippen LogP contribution in [0.25, 0.3) is 0 Å². The highest BCUT2D eigenvalue weighted by Gasteiger charge is 2.53. The highest BCUT2D eigenvalue weighted by Crippen LogP contribution is 2.54. The lowest BCUT2D eigenvalue weighted by Gasteiger charge is -2.60. The van der Waals surface area contributed by atoms with E-state index in [9.17, 15) is 0 Å². The van der Waals surface area contributed by atoms with E-state index in [0.29, 0.717) is 17.0 Å². The van der Waals surface area contributed by atoms with Crippen LogP contribution in [0.4, 0.5) is 0 Å². The van der Waals surface area contributed by atoms with Gasteiger partial charge >= 0.3 is 0 Å². The Balaban J connectivity index is 1.18. The second-order valence-corrected chi connectivity index (χ2v) is 9.77. The first-order chi connectivity index (χ1) is 11.3. The van der Waals surface area contributed by atoms with Gasteiger partial charge in [0.25, 0.3) is 0 Å². The molecule has 3 heterocycles.